The quantitative estimate of drug-likeness (QED) is 0.565. The lowest BCUT2D eigenvalue weighted by molar-refractivity contribution is 1.46. The standard InChI is InChI=1S/C5H9N.C4H8N2.C3H7NS/c1-3-4-5-6-2;1-5-3-4-6-2;1-4-3-5-2/h3-5H,1-2H3;3-4H,1-2H3;3H,1-2H3/b4-3-,6-5?;;. The Hall–Kier alpha value is -1.23. The normalized spacial score (nSPS) is 11.2. The van der Waals surface area contributed by atoms with Gasteiger partial charge in [0.1, 0.15) is 0 Å². The van der Waals surface area contributed by atoms with Gasteiger partial charge in [-0.2, -0.15) is 0 Å². The van der Waals surface area contributed by atoms with E-state index in [-0.39, 0.29) is 0 Å². The van der Waals surface area contributed by atoms with Gasteiger partial charge in [-0.1, -0.05) is 6.08 Å². The Morgan fingerprint density at radius 2 is 1.24 bits per heavy atom. The number of nitrogens with zero attached hydrogens (tertiary/aromatic N) is 4. The highest BCUT2D eigenvalue weighted by molar-refractivity contribution is 8.11. The Balaban J connectivity index is -0.000000174. The van der Waals surface area contributed by atoms with Crippen LogP contribution < -0.4 is 0 Å². The van der Waals surface area contributed by atoms with E-state index in [1.807, 2.05) is 25.3 Å². The lowest BCUT2D eigenvalue weighted by Gasteiger charge is -1.66. The van der Waals surface area contributed by atoms with Crippen molar-refractivity contribution in [2.45, 2.75) is 6.92 Å². The van der Waals surface area contributed by atoms with E-state index in [1.54, 1.807) is 64.1 Å². The largest absolute Gasteiger partial charge is 0.297 e. The first-order chi connectivity index (χ1) is 8.24. The Labute approximate surface area is 110 Å². The van der Waals surface area contributed by atoms with Gasteiger partial charge in [0.25, 0.3) is 0 Å². The Bertz CT molecular complexity index is 203. The molecule has 0 atom stereocenters. The molecule has 0 saturated heterocycles. The van der Waals surface area contributed by atoms with E-state index in [9.17, 15) is 0 Å². The van der Waals surface area contributed by atoms with Crippen LogP contribution in [0.3, 0.4) is 0 Å². The molecule has 0 bridgehead atoms. The Morgan fingerprint density at radius 1 is 0.765 bits per heavy atom. The molecule has 0 aliphatic carbocycles. The van der Waals surface area contributed by atoms with E-state index in [2.05, 4.69) is 20.0 Å². The van der Waals surface area contributed by atoms with Crippen LogP contribution in [0.4, 0.5) is 0 Å². The molecule has 0 radical (unpaired) electrons. The maximum Gasteiger partial charge on any atom is 0.0534 e. The maximum atomic E-state index is 3.71. The predicted octanol–water partition coefficient (Wildman–Crippen LogP) is 2.66. The molecule has 0 aliphatic rings. The highest BCUT2D eigenvalue weighted by Gasteiger charge is 1.52. The third kappa shape index (κ3) is 52.6. The van der Waals surface area contributed by atoms with Crippen molar-refractivity contribution in [3.05, 3.63) is 12.2 Å². The fourth-order valence-electron chi connectivity index (χ4n) is 0.411. The zero-order chi connectivity index (χ0) is 13.8. The molecule has 0 rings (SSSR count). The summed E-state index contributed by atoms with van der Waals surface area (Å²) < 4.78 is 0. The van der Waals surface area contributed by atoms with Gasteiger partial charge in [-0.25, -0.2) is 0 Å². The lowest BCUT2D eigenvalue weighted by atomic mass is 10.6. The monoisotopic (exact) mass is 256 g/mol. The summed E-state index contributed by atoms with van der Waals surface area (Å²) in [6.07, 6.45) is 10.8. The first kappa shape index (κ1) is 21.1. The molecule has 0 spiro atoms. The van der Waals surface area contributed by atoms with Gasteiger partial charge >= 0.3 is 0 Å². The van der Waals surface area contributed by atoms with Gasteiger partial charge in [0.2, 0.25) is 0 Å². The first-order valence-corrected chi connectivity index (χ1v) is 6.33. The van der Waals surface area contributed by atoms with Crippen molar-refractivity contribution < 1.29 is 0 Å². The number of allylic oxidation sites excluding steroid dienone is 2. The van der Waals surface area contributed by atoms with Crippen LogP contribution in [-0.4, -0.2) is 58.6 Å². The number of hydrogen-bond donors (Lipinski definition) is 0. The van der Waals surface area contributed by atoms with E-state index >= 15 is 0 Å². The van der Waals surface area contributed by atoms with Crippen LogP contribution in [0.1, 0.15) is 6.92 Å². The van der Waals surface area contributed by atoms with Crippen molar-refractivity contribution in [1.82, 2.24) is 0 Å². The van der Waals surface area contributed by atoms with Gasteiger partial charge in [0.15, 0.2) is 0 Å². The highest BCUT2D eigenvalue weighted by Crippen LogP contribution is 1.78. The van der Waals surface area contributed by atoms with Crippen LogP contribution in [-0.2, 0) is 0 Å². The molecule has 0 amide bonds. The summed E-state index contributed by atoms with van der Waals surface area (Å²) in [5, 5.41) is 0. The van der Waals surface area contributed by atoms with Crippen molar-refractivity contribution in [3.63, 3.8) is 0 Å². The second-order valence-electron chi connectivity index (χ2n) is 2.35. The third-order valence-electron chi connectivity index (χ3n) is 1.00. The predicted molar refractivity (Wildman–Crippen MR) is 86.0 cm³/mol. The van der Waals surface area contributed by atoms with E-state index in [0.29, 0.717) is 0 Å². The van der Waals surface area contributed by atoms with Gasteiger partial charge in [-0.3, -0.25) is 20.0 Å². The van der Waals surface area contributed by atoms with Gasteiger partial charge in [-0.05, 0) is 19.3 Å². The number of aliphatic imine (C=N–C) groups is 4. The molecule has 0 N–H and O–H groups in total. The molecule has 0 saturated carbocycles. The van der Waals surface area contributed by atoms with E-state index in [1.165, 1.54) is 0 Å². The topological polar surface area (TPSA) is 49.4 Å². The van der Waals surface area contributed by atoms with Crippen molar-refractivity contribution >= 4 is 36.0 Å². The molecule has 17 heavy (non-hydrogen) atoms. The molecule has 0 unspecified atom stereocenters. The third-order valence-corrected chi connectivity index (χ3v) is 1.42. The summed E-state index contributed by atoms with van der Waals surface area (Å²) in [6.45, 7) is 1.96. The Kier molecular flexibility index (Phi) is 36.4. The SMILES string of the molecule is C/C=C\C=NC.CN=CC=NC.CN=CSC. The van der Waals surface area contributed by atoms with Crippen molar-refractivity contribution in [3.8, 4) is 0 Å². The van der Waals surface area contributed by atoms with Crippen LogP contribution in [0.5, 0.6) is 0 Å². The summed E-state index contributed by atoms with van der Waals surface area (Å²) in [6, 6.07) is 0. The maximum absolute atomic E-state index is 3.71. The molecule has 0 aromatic heterocycles. The Morgan fingerprint density at radius 3 is 1.35 bits per heavy atom. The smallest absolute Gasteiger partial charge is 0.0534 e. The van der Waals surface area contributed by atoms with Crippen LogP contribution >= 0.6 is 11.8 Å². The van der Waals surface area contributed by atoms with E-state index in [4.69, 9.17) is 0 Å². The fraction of sp³-hybridized carbons (Fsp3) is 0.500. The van der Waals surface area contributed by atoms with Crippen LogP contribution in [0, 0.1) is 0 Å². The average Bonchev–Trinajstić information content (AvgIpc) is 2.36. The highest BCUT2D eigenvalue weighted by atomic mass is 32.2. The summed E-state index contributed by atoms with van der Waals surface area (Å²) in [5.41, 5.74) is 1.79. The molecule has 0 fully saturated rings. The van der Waals surface area contributed by atoms with Gasteiger partial charge in [-0.15, -0.1) is 11.8 Å². The first-order valence-electron chi connectivity index (χ1n) is 5.04. The molecule has 0 aliphatic heterocycles. The molecule has 0 heterocycles. The number of hydrogen-bond acceptors (Lipinski definition) is 5. The molecular formula is C12H24N4S. The molecule has 0 aromatic rings. The second-order valence-corrected chi connectivity index (χ2v) is 3.03. The molecule has 0 aromatic carbocycles. The molecule has 4 nitrogen and oxygen atoms in total. The van der Waals surface area contributed by atoms with Crippen molar-refractivity contribution in [2.75, 3.05) is 34.4 Å². The minimum absolute atomic E-state index is 1.61. The van der Waals surface area contributed by atoms with Gasteiger partial charge < -0.3 is 0 Å². The van der Waals surface area contributed by atoms with E-state index < -0.39 is 0 Å². The summed E-state index contributed by atoms with van der Waals surface area (Å²) in [5.74, 6) is 0. The molecule has 98 valence electrons. The van der Waals surface area contributed by atoms with E-state index in [0.717, 1.165) is 0 Å². The summed E-state index contributed by atoms with van der Waals surface area (Å²) >= 11 is 1.61. The van der Waals surface area contributed by atoms with Crippen molar-refractivity contribution in [1.29, 1.82) is 0 Å². The van der Waals surface area contributed by atoms with Crippen LogP contribution in [0.25, 0.3) is 0 Å². The lowest BCUT2D eigenvalue weighted by Crippen LogP contribution is -1.69. The molecular weight excluding hydrogens is 232 g/mol. The van der Waals surface area contributed by atoms with Gasteiger partial charge in [0.05, 0.1) is 5.55 Å². The minimum atomic E-state index is 1.61. The van der Waals surface area contributed by atoms with Gasteiger partial charge in [0, 0.05) is 46.8 Å². The molecule has 5 heteroatoms. The summed E-state index contributed by atoms with van der Waals surface area (Å²) in [4.78, 5) is 14.7. The van der Waals surface area contributed by atoms with Crippen LogP contribution in [0.2, 0.25) is 0 Å². The zero-order valence-corrected chi connectivity index (χ0v) is 12.5. The number of thioether (sulfide) groups is 1. The van der Waals surface area contributed by atoms with Crippen molar-refractivity contribution in [2.24, 2.45) is 20.0 Å². The second kappa shape index (κ2) is 29.3. The average molecular weight is 256 g/mol. The number of rotatable bonds is 3. The zero-order valence-electron chi connectivity index (χ0n) is 11.7. The minimum Gasteiger partial charge on any atom is -0.297 e. The van der Waals surface area contributed by atoms with Crippen LogP contribution in [0.15, 0.2) is 32.1 Å². The summed E-state index contributed by atoms with van der Waals surface area (Å²) in [7, 11) is 6.93. The fourth-order valence-corrected chi connectivity index (χ4v) is 0.622.